The van der Waals surface area contributed by atoms with Crippen molar-refractivity contribution in [2.45, 2.75) is 5.92 Å². The predicted octanol–water partition coefficient (Wildman–Crippen LogP) is 4.26. The molecule has 0 bridgehead atoms. The zero-order chi connectivity index (χ0) is 19.8. The molecule has 3 N–H and O–H groups in total. The second-order valence-electron chi connectivity index (χ2n) is 5.56. The van der Waals surface area contributed by atoms with Crippen LogP contribution >= 0.6 is 23.4 Å². The van der Waals surface area contributed by atoms with E-state index >= 15 is 0 Å². The summed E-state index contributed by atoms with van der Waals surface area (Å²) in [6, 6.07) is 19.7. The van der Waals surface area contributed by atoms with Gasteiger partial charge in [-0.25, -0.2) is 0 Å². The van der Waals surface area contributed by atoms with E-state index in [1.165, 1.54) is 11.8 Å². The number of carbonyl (C=O) groups excluding carboxylic acids is 1. The van der Waals surface area contributed by atoms with Gasteiger partial charge in [0.05, 0.1) is 22.7 Å². The van der Waals surface area contributed by atoms with Gasteiger partial charge in [0.25, 0.3) is 0 Å². The second kappa shape index (κ2) is 9.68. The van der Waals surface area contributed by atoms with Crippen LogP contribution in [-0.4, -0.2) is 12.2 Å². The third-order valence-electron chi connectivity index (χ3n) is 3.95. The maximum atomic E-state index is 12.8. The SMILES string of the molecule is CS/C(N)=C(\C#N)[C@H](c1ccccc1Cl)[C@H](C#N)C(=O)Nc1ccccc1. The molecule has 0 unspecified atom stereocenters. The van der Waals surface area contributed by atoms with Crippen molar-refractivity contribution in [2.75, 3.05) is 11.6 Å². The normalized spacial score (nSPS) is 13.5. The van der Waals surface area contributed by atoms with Gasteiger partial charge in [-0.05, 0) is 30.0 Å². The smallest absolute Gasteiger partial charge is 0.242 e. The molecule has 0 aromatic heterocycles. The highest BCUT2D eigenvalue weighted by Gasteiger charge is 2.35. The van der Waals surface area contributed by atoms with E-state index in [1.54, 1.807) is 54.8 Å². The van der Waals surface area contributed by atoms with Crippen LogP contribution < -0.4 is 11.1 Å². The minimum atomic E-state index is -1.19. The molecule has 136 valence electrons. The first-order chi connectivity index (χ1) is 13.0. The van der Waals surface area contributed by atoms with Crippen LogP contribution in [0.15, 0.2) is 65.2 Å². The number of para-hydroxylation sites is 1. The number of nitriles is 2. The molecule has 0 aliphatic heterocycles. The van der Waals surface area contributed by atoms with Gasteiger partial charge in [-0.1, -0.05) is 48.0 Å². The molecule has 2 aromatic carbocycles. The van der Waals surface area contributed by atoms with E-state index in [1.807, 2.05) is 12.1 Å². The number of allylic oxidation sites excluding steroid dienone is 1. The van der Waals surface area contributed by atoms with Crippen LogP contribution in [0.5, 0.6) is 0 Å². The lowest BCUT2D eigenvalue weighted by Gasteiger charge is -2.23. The number of amides is 1. The lowest BCUT2D eigenvalue weighted by atomic mass is 9.81. The van der Waals surface area contributed by atoms with Gasteiger partial charge in [0, 0.05) is 16.6 Å². The van der Waals surface area contributed by atoms with Gasteiger partial charge in [0.15, 0.2) is 0 Å². The Labute approximate surface area is 167 Å². The van der Waals surface area contributed by atoms with E-state index in [9.17, 15) is 15.3 Å². The minimum Gasteiger partial charge on any atom is -0.393 e. The highest BCUT2D eigenvalue weighted by Crippen LogP contribution is 2.38. The van der Waals surface area contributed by atoms with Crippen molar-refractivity contribution in [1.29, 1.82) is 10.5 Å². The average molecular weight is 397 g/mol. The molecule has 0 saturated carbocycles. The fraction of sp³-hybridized carbons (Fsp3) is 0.150. The quantitative estimate of drug-likeness (QED) is 0.710. The van der Waals surface area contributed by atoms with Crippen LogP contribution in [-0.2, 0) is 4.79 Å². The number of thioether (sulfide) groups is 1. The number of nitrogens with one attached hydrogen (secondary N) is 1. The Morgan fingerprint density at radius 1 is 1.15 bits per heavy atom. The predicted molar refractivity (Wildman–Crippen MR) is 109 cm³/mol. The van der Waals surface area contributed by atoms with Gasteiger partial charge >= 0.3 is 0 Å². The van der Waals surface area contributed by atoms with E-state index < -0.39 is 17.7 Å². The molecule has 5 nitrogen and oxygen atoms in total. The fourth-order valence-corrected chi connectivity index (χ4v) is 3.29. The Bertz CT molecular complexity index is 931. The fourth-order valence-electron chi connectivity index (χ4n) is 2.64. The molecule has 2 rings (SSSR count). The van der Waals surface area contributed by atoms with Gasteiger partial charge in [-0.3, -0.25) is 4.79 Å². The monoisotopic (exact) mass is 396 g/mol. The Morgan fingerprint density at radius 3 is 2.33 bits per heavy atom. The lowest BCUT2D eigenvalue weighted by molar-refractivity contribution is -0.118. The van der Waals surface area contributed by atoms with E-state index in [0.717, 1.165) is 0 Å². The van der Waals surface area contributed by atoms with E-state index in [4.69, 9.17) is 17.3 Å². The molecule has 0 aliphatic rings. The first-order valence-corrected chi connectivity index (χ1v) is 9.57. The Morgan fingerprint density at radius 2 is 1.78 bits per heavy atom. The van der Waals surface area contributed by atoms with Crippen LogP contribution in [0.1, 0.15) is 11.5 Å². The molecule has 0 saturated heterocycles. The van der Waals surface area contributed by atoms with Crippen LogP contribution in [0.2, 0.25) is 5.02 Å². The third-order valence-corrected chi connectivity index (χ3v) is 4.96. The summed E-state index contributed by atoms with van der Waals surface area (Å²) in [5.74, 6) is -2.61. The van der Waals surface area contributed by atoms with Crippen molar-refractivity contribution in [3.8, 4) is 12.1 Å². The van der Waals surface area contributed by atoms with Crippen molar-refractivity contribution in [1.82, 2.24) is 0 Å². The molecule has 2 aromatic rings. The number of rotatable bonds is 6. The number of anilines is 1. The summed E-state index contributed by atoms with van der Waals surface area (Å²) in [5.41, 5.74) is 7.20. The van der Waals surface area contributed by atoms with Crippen molar-refractivity contribution in [2.24, 2.45) is 11.7 Å². The molecule has 0 heterocycles. The highest BCUT2D eigenvalue weighted by molar-refractivity contribution is 8.02. The summed E-state index contributed by atoms with van der Waals surface area (Å²) in [5, 5.41) is 22.8. The largest absolute Gasteiger partial charge is 0.393 e. The molecule has 2 atom stereocenters. The van der Waals surface area contributed by atoms with Gasteiger partial charge in [-0.15, -0.1) is 11.8 Å². The first kappa shape index (κ1) is 20.4. The zero-order valence-corrected chi connectivity index (χ0v) is 16.1. The summed E-state index contributed by atoms with van der Waals surface area (Å²) in [6.45, 7) is 0. The van der Waals surface area contributed by atoms with Crippen LogP contribution in [0.25, 0.3) is 0 Å². The summed E-state index contributed by atoms with van der Waals surface area (Å²) < 4.78 is 0. The van der Waals surface area contributed by atoms with Crippen molar-refractivity contribution >= 4 is 35.0 Å². The Hall–Kier alpha value is -2.93. The number of halogens is 1. The number of nitrogens with two attached hydrogens (primary N) is 1. The third kappa shape index (κ3) is 4.83. The van der Waals surface area contributed by atoms with Gasteiger partial charge in [-0.2, -0.15) is 10.5 Å². The zero-order valence-electron chi connectivity index (χ0n) is 14.5. The molecule has 1 amide bonds. The minimum absolute atomic E-state index is 0.144. The molecule has 0 spiro atoms. The molecule has 0 aliphatic carbocycles. The summed E-state index contributed by atoms with van der Waals surface area (Å²) in [6.07, 6.45) is 1.72. The van der Waals surface area contributed by atoms with Crippen molar-refractivity contribution in [3.63, 3.8) is 0 Å². The van der Waals surface area contributed by atoms with Gasteiger partial charge < -0.3 is 11.1 Å². The standard InChI is InChI=1S/C20H17ClN4OS/c1-27-19(24)15(11-22)18(14-9-5-6-10-17(14)21)16(12-23)20(26)25-13-7-3-2-4-8-13/h2-10,16,18H,24H2,1H3,(H,25,26)/b19-15+/t16-,18-/m0/s1. The molecular formula is C20H17ClN4OS. The van der Waals surface area contributed by atoms with Gasteiger partial charge in [0.2, 0.25) is 5.91 Å². The van der Waals surface area contributed by atoms with Crippen molar-refractivity contribution < 1.29 is 4.79 Å². The maximum absolute atomic E-state index is 12.8. The van der Waals surface area contributed by atoms with E-state index in [2.05, 4.69) is 11.4 Å². The highest BCUT2D eigenvalue weighted by atomic mass is 35.5. The van der Waals surface area contributed by atoms with Crippen LogP contribution in [0.3, 0.4) is 0 Å². The van der Waals surface area contributed by atoms with E-state index in [-0.39, 0.29) is 10.6 Å². The molecular weight excluding hydrogens is 380 g/mol. The number of benzene rings is 2. The number of nitrogens with zero attached hydrogens (tertiary/aromatic N) is 2. The second-order valence-corrected chi connectivity index (χ2v) is 6.81. The Balaban J connectivity index is 2.54. The number of hydrogen-bond acceptors (Lipinski definition) is 5. The Kier molecular flexibility index (Phi) is 7.31. The summed E-state index contributed by atoms with van der Waals surface area (Å²) in [4.78, 5) is 12.8. The van der Waals surface area contributed by atoms with Gasteiger partial charge in [0.1, 0.15) is 5.92 Å². The molecule has 0 radical (unpaired) electrons. The summed E-state index contributed by atoms with van der Waals surface area (Å²) in [7, 11) is 0. The van der Waals surface area contributed by atoms with Crippen LogP contribution in [0.4, 0.5) is 5.69 Å². The number of hydrogen-bond donors (Lipinski definition) is 2. The average Bonchev–Trinajstić information content (AvgIpc) is 2.69. The maximum Gasteiger partial charge on any atom is 0.242 e. The molecule has 27 heavy (non-hydrogen) atoms. The van der Waals surface area contributed by atoms with Crippen molar-refractivity contribution in [3.05, 3.63) is 75.8 Å². The lowest BCUT2D eigenvalue weighted by Crippen LogP contribution is -2.29. The first-order valence-electron chi connectivity index (χ1n) is 7.97. The topological polar surface area (TPSA) is 103 Å². The van der Waals surface area contributed by atoms with Crippen LogP contribution in [0, 0.1) is 28.6 Å². The summed E-state index contributed by atoms with van der Waals surface area (Å²) >= 11 is 7.49. The number of carbonyl (C=O) groups is 1. The molecule has 7 heteroatoms. The molecule has 0 fully saturated rings. The van der Waals surface area contributed by atoms with E-state index in [0.29, 0.717) is 16.3 Å².